The van der Waals surface area contributed by atoms with Crippen molar-refractivity contribution in [2.75, 3.05) is 0 Å². The summed E-state index contributed by atoms with van der Waals surface area (Å²) in [6.45, 7) is 5.44. The second-order valence-electron chi connectivity index (χ2n) is 5.24. The van der Waals surface area contributed by atoms with Gasteiger partial charge in [-0.2, -0.15) is 12.6 Å². The van der Waals surface area contributed by atoms with E-state index in [0.29, 0.717) is 5.75 Å². The maximum Gasteiger partial charge on any atom is 0.119 e. The molecule has 0 saturated heterocycles. The van der Waals surface area contributed by atoms with E-state index < -0.39 is 0 Å². The summed E-state index contributed by atoms with van der Waals surface area (Å²) in [5.74, 6) is 1.81. The second kappa shape index (κ2) is 6.99. The summed E-state index contributed by atoms with van der Waals surface area (Å²) in [7, 11) is 0. The lowest BCUT2D eigenvalue weighted by molar-refractivity contribution is 0.568. The Morgan fingerprint density at radius 1 is 1.16 bits per heavy atom. The molecule has 0 unspecified atom stereocenters. The Hall–Kier alpha value is -0.960. The molecule has 0 aliphatic heterocycles. The lowest BCUT2D eigenvalue weighted by atomic mass is 10.1. The van der Waals surface area contributed by atoms with Crippen molar-refractivity contribution in [3.8, 4) is 0 Å². The maximum absolute atomic E-state index is 4.69. The summed E-state index contributed by atoms with van der Waals surface area (Å²) in [4.78, 5) is 4.69. The quantitative estimate of drug-likeness (QED) is 0.571. The molecule has 104 valence electrons. The highest BCUT2D eigenvalue weighted by atomic mass is 32.1. The van der Waals surface area contributed by atoms with Crippen LogP contribution in [-0.4, -0.2) is 9.55 Å². The molecular formula is C16H24N2S. The molecule has 0 atom stereocenters. The number of benzene rings is 1. The molecule has 0 radical (unpaired) electrons. The molecule has 0 aliphatic carbocycles. The molecule has 2 aromatic rings. The Kier molecular flexibility index (Phi) is 5.32. The molecule has 0 spiro atoms. The van der Waals surface area contributed by atoms with Gasteiger partial charge in [0.1, 0.15) is 5.82 Å². The van der Waals surface area contributed by atoms with Crippen molar-refractivity contribution in [2.24, 2.45) is 0 Å². The predicted octanol–water partition coefficient (Wildman–Crippen LogP) is 4.74. The third kappa shape index (κ3) is 3.53. The van der Waals surface area contributed by atoms with Crippen LogP contribution in [0.4, 0.5) is 0 Å². The lowest BCUT2D eigenvalue weighted by Crippen LogP contribution is -2.02. The molecular weight excluding hydrogens is 252 g/mol. The zero-order valence-electron chi connectivity index (χ0n) is 12.0. The normalized spacial score (nSPS) is 11.3. The summed E-state index contributed by atoms with van der Waals surface area (Å²) in [6, 6.07) is 6.52. The first kappa shape index (κ1) is 14.4. The van der Waals surface area contributed by atoms with Gasteiger partial charge in [0.05, 0.1) is 11.0 Å². The summed E-state index contributed by atoms with van der Waals surface area (Å²) in [6.07, 6.45) is 6.54. The van der Waals surface area contributed by atoms with E-state index in [1.54, 1.807) is 0 Å². The van der Waals surface area contributed by atoms with Gasteiger partial charge >= 0.3 is 0 Å². The SMILES string of the molecule is CCCCCCCn1c(CS)nc2cc(C)ccc21. The van der Waals surface area contributed by atoms with E-state index in [-0.39, 0.29) is 0 Å². The molecule has 0 saturated carbocycles. The minimum atomic E-state index is 0.711. The first-order chi connectivity index (χ1) is 9.26. The predicted molar refractivity (Wildman–Crippen MR) is 85.9 cm³/mol. The number of imidazole rings is 1. The highest BCUT2D eigenvalue weighted by molar-refractivity contribution is 7.79. The molecule has 19 heavy (non-hydrogen) atoms. The van der Waals surface area contributed by atoms with Crippen molar-refractivity contribution in [3.63, 3.8) is 0 Å². The van der Waals surface area contributed by atoms with Crippen LogP contribution in [0.25, 0.3) is 11.0 Å². The van der Waals surface area contributed by atoms with Gasteiger partial charge in [-0.1, -0.05) is 38.7 Å². The van der Waals surface area contributed by atoms with Gasteiger partial charge in [-0.15, -0.1) is 0 Å². The number of fused-ring (bicyclic) bond motifs is 1. The number of aromatic nitrogens is 2. The second-order valence-corrected chi connectivity index (χ2v) is 5.56. The van der Waals surface area contributed by atoms with Crippen LogP contribution in [0, 0.1) is 6.92 Å². The van der Waals surface area contributed by atoms with Crippen molar-refractivity contribution < 1.29 is 0 Å². The van der Waals surface area contributed by atoms with Crippen molar-refractivity contribution in [1.29, 1.82) is 0 Å². The zero-order chi connectivity index (χ0) is 13.7. The van der Waals surface area contributed by atoms with Crippen LogP contribution < -0.4 is 0 Å². The van der Waals surface area contributed by atoms with Crippen LogP contribution in [0.2, 0.25) is 0 Å². The van der Waals surface area contributed by atoms with E-state index in [9.17, 15) is 0 Å². The third-order valence-electron chi connectivity index (χ3n) is 3.61. The zero-order valence-corrected chi connectivity index (χ0v) is 12.9. The number of unbranched alkanes of at least 4 members (excludes halogenated alkanes) is 4. The molecule has 1 heterocycles. The average molecular weight is 276 g/mol. The smallest absolute Gasteiger partial charge is 0.119 e. The fourth-order valence-electron chi connectivity index (χ4n) is 2.53. The molecule has 2 nitrogen and oxygen atoms in total. The fourth-order valence-corrected chi connectivity index (χ4v) is 2.77. The van der Waals surface area contributed by atoms with E-state index in [4.69, 9.17) is 4.98 Å². The molecule has 0 aliphatic rings. The Bertz CT molecular complexity index is 531. The summed E-state index contributed by atoms with van der Waals surface area (Å²) >= 11 is 4.41. The van der Waals surface area contributed by atoms with Gasteiger partial charge in [-0.05, 0) is 31.0 Å². The highest BCUT2D eigenvalue weighted by Gasteiger charge is 2.09. The van der Waals surface area contributed by atoms with E-state index in [0.717, 1.165) is 17.9 Å². The standard InChI is InChI=1S/C16H24N2S/c1-3-4-5-6-7-10-18-15-9-8-13(2)11-14(15)17-16(18)12-19/h8-9,11,19H,3-7,10,12H2,1-2H3. The number of rotatable bonds is 7. The summed E-state index contributed by atoms with van der Waals surface area (Å²) < 4.78 is 2.34. The molecule has 1 aromatic carbocycles. The monoisotopic (exact) mass is 276 g/mol. The summed E-state index contributed by atoms with van der Waals surface area (Å²) in [5, 5.41) is 0. The fraction of sp³-hybridized carbons (Fsp3) is 0.562. The van der Waals surface area contributed by atoms with Crippen molar-refractivity contribution in [1.82, 2.24) is 9.55 Å². The van der Waals surface area contributed by atoms with Crippen LogP contribution in [0.5, 0.6) is 0 Å². The summed E-state index contributed by atoms with van der Waals surface area (Å²) in [5.41, 5.74) is 3.63. The van der Waals surface area contributed by atoms with Crippen LogP contribution in [0.15, 0.2) is 18.2 Å². The van der Waals surface area contributed by atoms with Crippen LogP contribution >= 0.6 is 12.6 Å². The van der Waals surface area contributed by atoms with Gasteiger partial charge in [-0.3, -0.25) is 0 Å². The topological polar surface area (TPSA) is 17.8 Å². The van der Waals surface area contributed by atoms with Gasteiger partial charge < -0.3 is 4.57 Å². The Labute approximate surface area is 121 Å². The number of hydrogen-bond donors (Lipinski definition) is 1. The van der Waals surface area contributed by atoms with Crippen LogP contribution in [0.1, 0.15) is 50.4 Å². The highest BCUT2D eigenvalue weighted by Crippen LogP contribution is 2.20. The molecule has 2 rings (SSSR count). The largest absolute Gasteiger partial charge is 0.327 e. The Morgan fingerprint density at radius 2 is 1.95 bits per heavy atom. The molecule has 1 aromatic heterocycles. The molecule has 0 bridgehead atoms. The van der Waals surface area contributed by atoms with Gasteiger partial charge in [0.15, 0.2) is 0 Å². The van der Waals surface area contributed by atoms with E-state index in [1.165, 1.54) is 43.2 Å². The number of aryl methyl sites for hydroxylation is 2. The first-order valence-corrected chi connectivity index (χ1v) is 7.96. The van der Waals surface area contributed by atoms with Gasteiger partial charge in [0.2, 0.25) is 0 Å². The molecule has 3 heteroatoms. The van der Waals surface area contributed by atoms with Crippen molar-refractivity contribution in [3.05, 3.63) is 29.6 Å². The van der Waals surface area contributed by atoms with Crippen LogP contribution in [-0.2, 0) is 12.3 Å². The minimum absolute atomic E-state index is 0.711. The third-order valence-corrected chi connectivity index (χ3v) is 3.89. The molecule has 0 fully saturated rings. The van der Waals surface area contributed by atoms with Crippen LogP contribution in [0.3, 0.4) is 0 Å². The molecule has 0 amide bonds. The Morgan fingerprint density at radius 3 is 2.68 bits per heavy atom. The number of nitrogens with zero attached hydrogens (tertiary/aromatic N) is 2. The number of thiol groups is 1. The van der Waals surface area contributed by atoms with Crippen molar-refractivity contribution in [2.45, 2.75) is 58.2 Å². The van der Waals surface area contributed by atoms with Gasteiger partial charge in [0, 0.05) is 12.3 Å². The van der Waals surface area contributed by atoms with E-state index in [1.807, 2.05) is 0 Å². The van der Waals surface area contributed by atoms with E-state index in [2.05, 4.69) is 49.2 Å². The van der Waals surface area contributed by atoms with Gasteiger partial charge in [-0.25, -0.2) is 4.98 Å². The van der Waals surface area contributed by atoms with Crippen molar-refractivity contribution >= 4 is 23.7 Å². The lowest BCUT2D eigenvalue weighted by Gasteiger charge is -2.07. The minimum Gasteiger partial charge on any atom is -0.327 e. The first-order valence-electron chi connectivity index (χ1n) is 7.33. The number of hydrogen-bond acceptors (Lipinski definition) is 2. The molecule has 0 N–H and O–H groups in total. The van der Waals surface area contributed by atoms with Gasteiger partial charge in [0.25, 0.3) is 0 Å². The van der Waals surface area contributed by atoms with E-state index >= 15 is 0 Å². The maximum atomic E-state index is 4.69. The Balaban J connectivity index is 2.11. The average Bonchev–Trinajstić information content (AvgIpc) is 2.75.